The highest BCUT2D eigenvalue weighted by molar-refractivity contribution is 7.15. The van der Waals surface area contributed by atoms with Crippen LogP contribution in [0.5, 0.6) is 0 Å². The summed E-state index contributed by atoms with van der Waals surface area (Å²) in [6, 6.07) is 10.3. The van der Waals surface area contributed by atoms with Crippen molar-refractivity contribution < 1.29 is 4.74 Å². The summed E-state index contributed by atoms with van der Waals surface area (Å²) in [4.78, 5) is 5.07. The molecule has 0 aliphatic heterocycles. The van der Waals surface area contributed by atoms with Gasteiger partial charge in [-0.15, -0.1) is 11.3 Å². The van der Waals surface area contributed by atoms with E-state index in [2.05, 4.69) is 11.1 Å². The Morgan fingerprint density at radius 2 is 2.06 bits per heavy atom. The summed E-state index contributed by atoms with van der Waals surface area (Å²) in [5.74, 6) is 0. The molecule has 0 fully saturated rings. The van der Waals surface area contributed by atoms with Gasteiger partial charge in [-0.25, -0.2) is 4.98 Å². The van der Waals surface area contributed by atoms with Gasteiger partial charge in [0, 0.05) is 12.7 Å². The molecule has 0 bridgehead atoms. The summed E-state index contributed by atoms with van der Waals surface area (Å²) in [6.45, 7) is 2.42. The maximum absolute atomic E-state index is 9.01. The van der Waals surface area contributed by atoms with Gasteiger partial charge in [0.05, 0.1) is 12.3 Å². The van der Waals surface area contributed by atoms with Gasteiger partial charge in [-0.05, 0) is 6.92 Å². The molecule has 4 heteroatoms. The maximum atomic E-state index is 9.01. The fourth-order valence-electron chi connectivity index (χ4n) is 1.49. The Bertz CT molecular complexity index is 552. The first-order valence-electron chi connectivity index (χ1n) is 5.20. The summed E-state index contributed by atoms with van der Waals surface area (Å²) < 4.78 is 5.03. The van der Waals surface area contributed by atoms with Crippen molar-refractivity contribution in [3.63, 3.8) is 0 Å². The first-order chi connectivity index (χ1) is 8.24. The number of rotatable bonds is 3. The lowest BCUT2D eigenvalue weighted by atomic mass is 10.2. The Hall–Kier alpha value is -1.70. The molecular formula is C13H12N2OS. The molecule has 0 aliphatic rings. The summed E-state index contributed by atoms with van der Waals surface area (Å²) in [5.41, 5.74) is 2.97. The third-order valence-corrected chi connectivity index (χ3v) is 3.43. The molecule has 86 valence electrons. The number of hydrogen-bond acceptors (Lipinski definition) is 4. The number of nitriles is 1. The molecule has 0 amide bonds. The second-order valence-electron chi connectivity index (χ2n) is 3.71. The van der Waals surface area contributed by atoms with Gasteiger partial charge in [0.25, 0.3) is 0 Å². The minimum atomic E-state index is 0.380. The molecule has 0 radical (unpaired) electrons. The molecule has 0 saturated heterocycles. The van der Waals surface area contributed by atoms with E-state index in [1.165, 1.54) is 16.9 Å². The minimum absolute atomic E-state index is 0.380. The molecule has 0 saturated carbocycles. The summed E-state index contributed by atoms with van der Waals surface area (Å²) in [5, 5.41) is 9.88. The Morgan fingerprint density at radius 3 is 2.65 bits per heavy atom. The highest BCUT2D eigenvalue weighted by atomic mass is 32.1. The van der Waals surface area contributed by atoms with Crippen molar-refractivity contribution in [2.45, 2.75) is 13.5 Å². The number of hydrogen-bond donors (Lipinski definition) is 0. The molecule has 0 spiro atoms. The number of nitrogens with zero attached hydrogens (tertiary/aromatic N) is 2. The first kappa shape index (κ1) is 11.8. The van der Waals surface area contributed by atoms with Crippen LogP contribution in [0.3, 0.4) is 0 Å². The van der Waals surface area contributed by atoms with Crippen LogP contribution in [0.15, 0.2) is 24.3 Å². The van der Waals surface area contributed by atoms with Crippen LogP contribution in [0, 0.1) is 18.3 Å². The zero-order valence-electron chi connectivity index (χ0n) is 9.73. The predicted octanol–water partition coefficient (Wildman–Crippen LogP) is 3.14. The molecule has 1 aromatic heterocycles. The number of aryl methyl sites for hydroxylation is 1. The van der Waals surface area contributed by atoms with Crippen LogP contribution in [-0.2, 0) is 11.3 Å². The minimum Gasteiger partial charge on any atom is -0.378 e. The largest absolute Gasteiger partial charge is 0.378 e. The average molecular weight is 244 g/mol. The Labute approximate surface area is 104 Å². The van der Waals surface area contributed by atoms with Crippen molar-refractivity contribution in [1.29, 1.82) is 5.26 Å². The third kappa shape index (κ3) is 2.52. The molecule has 17 heavy (non-hydrogen) atoms. The molecule has 0 N–H and O–H groups in total. The average Bonchev–Trinajstić information content (AvgIpc) is 2.74. The third-order valence-electron chi connectivity index (χ3n) is 2.38. The van der Waals surface area contributed by atoms with E-state index in [0.717, 1.165) is 16.3 Å². The number of benzene rings is 1. The van der Waals surface area contributed by atoms with Gasteiger partial charge < -0.3 is 4.74 Å². The molecule has 0 aliphatic carbocycles. The van der Waals surface area contributed by atoms with Crippen molar-refractivity contribution in [2.75, 3.05) is 7.11 Å². The van der Waals surface area contributed by atoms with Gasteiger partial charge in [0.1, 0.15) is 16.0 Å². The summed E-state index contributed by atoms with van der Waals surface area (Å²) in [7, 11) is 1.60. The number of methoxy groups -OCH3 is 1. The van der Waals surface area contributed by atoms with Crippen LogP contribution in [0.4, 0.5) is 0 Å². The molecule has 3 nitrogen and oxygen atoms in total. The van der Waals surface area contributed by atoms with Gasteiger partial charge >= 0.3 is 0 Å². The quantitative estimate of drug-likeness (QED) is 0.833. The number of ether oxygens (including phenoxy) is 1. The number of thiazole rings is 1. The molecule has 1 heterocycles. The molecule has 0 atom stereocenters. The van der Waals surface area contributed by atoms with Crippen molar-refractivity contribution >= 4 is 11.3 Å². The fraction of sp³-hybridized carbons (Fsp3) is 0.231. The second-order valence-corrected chi connectivity index (χ2v) is 4.70. The van der Waals surface area contributed by atoms with Gasteiger partial charge in [-0.3, -0.25) is 0 Å². The van der Waals surface area contributed by atoms with E-state index in [0.29, 0.717) is 11.5 Å². The SMILES string of the molecule is COCc1nc(-c2ccc(C)cc2)sc1C#N. The van der Waals surface area contributed by atoms with Gasteiger partial charge in [0.15, 0.2) is 0 Å². The predicted molar refractivity (Wildman–Crippen MR) is 67.7 cm³/mol. The Balaban J connectivity index is 2.40. The molecule has 2 rings (SSSR count). The van der Waals surface area contributed by atoms with Crippen LogP contribution in [0.1, 0.15) is 16.1 Å². The van der Waals surface area contributed by atoms with Crippen molar-refractivity contribution in [3.8, 4) is 16.6 Å². The van der Waals surface area contributed by atoms with Crippen LogP contribution >= 0.6 is 11.3 Å². The van der Waals surface area contributed by atoms with Gasteiger partial charge in [-0.2, -0.15) is 5.26 Å². The van der Waals surface area contributed by atoms with Crippen molar-refractivity contribution in [2.24, 2.45) is 0 Å². The van der Waals surface area contributed by atoms with Crippen molar-refractivity contribution in [1.82, 2.24) is 4.98 Å². The van der Waals surface area contributed by atoms with Crippen molar-refractivity contribution in [3.05, 3.63) is 40.4 Å². The van der Waals surface area contributed by atoms with Gasteiger partial charge in [0.2, 0.25) is 0 Å². The summed E-state index contributed by atoms with van der Waals surface area (Å²) in [6.07, 6.45) is 0. The normalized spacial score (nSPS) is 10.2. The van der Waals surface area contributed by atoms with E-state index >= 15 is 0 Å². The lowest BCUT2D eigenvalue weighted by molar-refractivity contribution is 0.182. The van der Waals surface area contributed by atoms with E-state index in [4.69, 9.17) is 10.00 Å². The fourth-order valence-corrected chi connectivity index (χ4v) is 2.36. The molecule has 0 unspecified atom stereocenters. The van der Waals surface area contributed by atoms with Crippen LogP contribution in [-0.4, -0.2) is 12.1 Å². The van der Waals surface area contributed by atoms with E-state index in [9.17, 15) is 0 Å². The van der Waals surface area contributed by atoms with Crippen LogP contribution in [0.2, 0.25) is 0 Å². The monoisotopic (exact) mass is 244 g/mol. The second kappa shape index (κ2) is 5.09. The summed E-state index contributed by atoms with van der Waals surface area (Å²) >= 11 is 1.41. The lowest BCUT2D eigenvalue weighted by Crippen LogP contribution is -1.90. The topological polar surface area (TPSA) is 45.9 Å². The van der Waals surface area contributed by atoms with E-state index < -0.39 is 0 Å². The maximum Gasteiger partial charge on any atom is 0.130 e. The zero-order valence-corrected chi connectivity index (χ0v) is 10.5. The van der Waals surface area contributed by atoms with Crippen LogP contribution in [0.25, 0.3) is 10.6 Å². The first-order valence-corrected chi connectivity index (χ1v) is 6.02. The molecule has 1 aromatic carbocycles. The zero-order chi connectivity index (χ0) is 12.3. The standard InChI is InChI=1S/C13H12N2OS/c1-9-3-5-10(6-4-9)13-15-11(8-16-2)12(7-14)17-13/h3-6H,8H2,1-2H3. The highest BCUT2D eigenvalue weighted by Gasteiger charge is 2.11. The molecule has 2 aromatic rings. The van der Waals surface area contributed by atoms with Crippen LogP contribution < -0.4 is 0 Å². The lowest BCUT2D eigenvalue weighted by Gasteiger charge is -1.96. The van der Waals surface area contributed by atoms with E-state index in [-0.39, 0.29) is 0 Å². The number of aromatic nitrogens is 1. The van der Waals surface area contributed by atoms with E-state index in [1.807, 2.05) is 31.2 Å². The van der Waals surface area contributed by atoms with E-state index in [1.54, 1.807) is 7.11 Å². The Kier molecular flexibility index (Phi) is 3.52. The molecular weight excluding hydrogens is 232 g/mol. The highest BCUT2D eigenvalue weighted by Crippen LogP contribution is 2.28. The van der Waals surface area contributed by atoms with Gasteiger partial charge in [-0.1, -0.05) is 29.8 Å². The smallest absolute Gasteiger partial charge is 0.130 e. The Morgan fingerprint density at radius 1 is 1.35 bits per heavy atom.